The van der Waals surface area contributed by atoms with Crippen LogP contribution in [0.25, 0.3) is 11.5 Å². The minimum atomic E-state index is -3.60. The van der Waals surface area contributed by atoms with Gasteiger partial charge in [0.1, 0.15) is 0 Å². The minimum absolute atomic E-state index is 0.222. The first-order chi connectivity index (χ1) is 10.9. The second kappa shape index (κ2) is 5.85. The molecule has 1 aromatic heterocycles. The summed E-state index contributed by atoms with van der Waals surface area (Å²) in [5, 5.41) is 7.68. The molecule has 6 nitrogen and oxygen atoms in total. The van der Waals surface area contributed by atoms with Crippen LogP contribution in [0, 0.1) is 13.8 Å². The molecule has 0 aliphatic carbocycles. The summed E-state index contributed by atoms with van der Waals surface area (Å²) in [7, 11) is -3.60. The quantitative estimate of drug-likeness (QED) is 0.794. The van der Waals surface area contributed by atoms with Crippen LogP contribution in [0.15, 0.2) is 57.8 Å². The lowest BCUT2D eigenvalue weighted by molar-refractivity contribution is 0.533. The number of benzene rings is 2. The van der Waals surface area contributed by atoms with Gasteiger partial charge in [-0.05, 0) is 43.3 Å². The molecule has 0 bridgehead atoms. The van der Waals surface area contributed by atoms with Crippen LogP contribution in [-0.4, -0.2) is 18.6 Å². The summed E-state index contributed by atoms with van der Waals surface area (Å²) < 4.78 is 32.5. The maximum absolute atomic E-state index is 12.3. The Hall–Kier alpha value is -2.67. The van der Waals surface area contributed by atoms with E-state index in [1.807, 2.05) is 6.92 Å². The molecule has 0 fully saturated rings. The zero-order valence-corrected chi connectivity index (χ0v) is 13.5. The summed E-state index contributed by atoms with van der Waals surface area (Å²) in [5.41, 5.74) is 2.19. The maximum Gasteiger partial charge on any atom is 0.261 e. The van der Waals surface area contributed by atoms with Crippen LogP contribution in [0.2, 0.25) is 0 Å². The summed E-state index contributed by atoms with van der Waals surface area (Å²) >= 11 is 0. The monoisotopic (exact) mass is 329 g/mol. The Morgan fingerprint density at radius 3 is 2.13 bits per heavy atom. The van der Waals surface area contributed by atoms with Crippen molar-refractivity contribution >= 4 is 15.7 Å². The van der Waals surface area contributed by atoms with E-state index in [0.717, 1.165) is 11.1 Å². The first-order valence-corrected chi connectivity index (χ1v) is 8.42. The van der Waals surface area contributed by atoms with Crippen molar-refractivity contribution in [3.05, 3.63) is 60.0 Å². The fraction of sp³-hybridized carbons (Fsp3) is 0.125. The highest BCUT2D eigenvalue weighted by atomic mass is 32.2. The van der Waals surface area contributed by atoms with E-state index < -0.39 is 10.0 Å². The SMILES string of the molecule is Cc1ccc(S(=O)(=O)Nc2ccc(-c3nnc(C)o3)cc2)cc1. The Labute approximate surface area is 134 Å². The third-order valence-corrected chi connectivity index (χ3v) is 4.64. The Morgan fingerprint density at radius 1 is 0.913 bits per heavy atom. The van der Waals surface area contributed by atoms with Gasteiger partial charge in [0, 0.05) is 18.2 Å². The molecule has 0 saturated carbocycles. The highest BCUT2D eigenvalue weighted by Crippen LogP contribution is 2.22. The molecular formula is C16H15N3O3S. The van der Waals surface area contributed by atoms with E-state index in [0.29, 0.717) is 17.5 Å². The Kier molecular flexibility index (Phi) is 3.87. The molecule has 3 rings (SSSR count). The Bertz CT molecular complexity index is 914. The number of hydrogen-bond donors (Lipinski definition) is 1. The van der Waals surface area contributed by atoms with Crippen LogP contribution in [-0.2, 0) is 10.0 Å². The fourth-order valence-corrected chi connectivity index (χ4v) is 3.08. The van der Waals surface area contributed by atoms with Crippen LogP contribution in [0.3, 0.4) is 0 Å². The van der Waals surface area contributed by atoms with Gasteiger partial charge in [-0.3, -0.25) is 4.72 Å². The lowest BCUT2D eigenvalue weighted by atomic mass is 10.2. The number of rotatable bonds is 4. The first-order valence-electron chi connectivity index (χ1n) is 6.94. The van der Waals surface area contributed by atoms with Crippen molar-refractivity contribution in [1.82, 2.24) is 10.2 Å². The van der Waals surface area contributed by atoms with E-state index >= 15 is 0 Å². The van der Waals surface area contributed by atoms with Crippen LogP contribution in [0.5, 0.6) is 0 Å². The first kappa shape index (κ1) is 15.2. The van der Waals surface area contributed by atoms with E-state index in [9.17, 15) is 8.42 Å². The molecule has 0 radical (unpaired) electrons. The topological polar surface area (TPSA) is 85.1 Å². The average molecular weight is 329 g/mol. The van der Waals surface area contributed by atoms with Crippen LogP contribution < -0.4 is 4.72 Å². The van der Waals surface area contributed by atoms with Crippen LogP contribution >= 0.6 is 0 Å². The van der Waals surface area contributed by atoms with Crippen molar-refractivity contribution in [2.45, 2.75) is 18.7 Å². The van der Waals surface area contributed by atoms with Crippen molar-refractivity contribution in [3.63, 3.8) is 0 Å². The smallest absolute Gasteiger partial charge is 0.261 e. The third-order valence-electron chi connectivity index (χ3n) is 3.24. The molecule has 0 spiro atoms. The van der Waals surface area contributed by atoms with Crippen molar-refractivity contribution in [2.24, 2.45) is 0 Å². The number of nitrogens with zero attached hydrogens (tertiary/aromatic N) is 2. The van der Waals surface area contributed by atoms with Crippen molar-refractivity contribution in [2.75, 3.05) is 4.72 Å². The van der Waals surface area contributed by atoms with Gasteiger partial charge in [-0.1, -0.05) is 17.7 Å². The Balaban J connectivity index is 1.81. The lowest BCUT2D eigenvalue weighted by Crippen LogP contribution is -2.12. The molecule has 0 aliphatic heterocycles. The fourth-order valence-electron chi connectivity index (χ4n) is 2.03. The summed E-state index contributed by atoms with van der Waals surface area (Å²) in [6, 6.07) is 13.4. The normalized spacial score (nSPS) is 11.4. The van der Waals surface area contributed by atoms with Gasteiger partial charge in [0.05, 0.1) is 4.90 Å². The second-order valence-electron chi connectivity index (χ2n) is 5.12. The van der Waals surface area contributed by atoms with Crippen molar-refractivity contribution < 1.29 is 12.8 Å². The van der Waals surface area contributed by atoms with Crippen LogP contribution in [0.1, 0.15) is 11.5 Å². The van der Waals surface area contributed by atoms with Gasteiger partial charge in [0.25, 0.3) is 10.0 Å². The third kappa shape index (κ3) is 3.40. The summed E-state index contributed by atoms with van der Waals surface area (Å²) in [5.74, 6) is 0.875. The van der Waals surface area contributed by atoms with E-state index in [1.54, 1.807) is 55.5 Å². The molecule has 1 N–H and O–H groups in total. The van der Waals surface area contributed by atoms with Crippen molar-refractivity contribution in [1.29, 1.82) is 0 Å². The Morgan fingerprint density at radius 2 is 1.57 bits per heavy atom. The second-order valence-corrected chi connectivity index (χ2v) is 6.80. The molecule has 0 unspecified atom stereocenters. The van der Waals surface area contributed by atoms with Gasteiger partial charge in [-0.25, -0.2) is 8.42 Å². The molecule has 0 aliphatic rings. The number of anilines is 1. The van der Waals surface area contributed by atoms with E-state index in [4.69, 9.17) is 4.42 Å². The molecule has 0 saturated heterocycles. The van der Waals surface area contributed by atoms with Gasteiger partial charge in [-0.2, -0.15) is 0 Å². The summed E-state index contributed by atoms with van der Waals surface area (Å²) in [6.45, 7) is 3.61. The van der Waals surface area contributed by atoms with Gasteiger partial charge in [-0.15, -0.1) is 10.2 Å². The number of sulfonamides is 1. The lowest BCUT2D eigenvalue weighted by Gasteiger charge is -2.08. The predicted molar refractivity (Wildman–Crippen MR) is 86.5 cm³/mol. The molecule has 3 aromatic rings. The van der Waals surface area contributed by atoms with Gasteiger partial charge in [0.2, 0.25) is 11.8 Å². The van der Waals surface area contributed by atoms with Gasteiger partial charge < -0.3 is 4.42 Å². The molecule has 118 valence electrons. The number of aryl methyl sites for hydroxylation is 2. The molecule has 2 aromatic carbocycles. The van der Waals surface area contributed by atoms with Gasteiger partial charge in [0.15, 0.2) is 0 Å². The summed E-state index contributed by atoms with van der Waals surface area (Å²) in [4.78, 5) is 0.222. The largest absolute Gasteiger partial charge is 0.421 e. The van der Waals surface area contributed by atoms with Crippen LogP contribution in [0.4, 0.5) is 5.69 Å². The zero-order valence-electron chi connectivity index (χ0n) is 12.6. The minimum Gasteiger partial charge on any atom is -0.421 e. The highest BCUT2D eigenvalue weighted by molar-refractivity contribution is 7.92. The molecule has 0 atom stereocenters. The zero-order chi connectivity index (χ0) is 16.4. The number of nitrogens with one attached hydrogen (secondary N) is 1. The van der Waals surface area contributed by atoms with E-state index in [1.165, 1.54) is 0 Å². The molecular weight excluding hydrogens is 314 g/mol. The summed E-state index contributed by atoms with van der Waals surface area (Å²) in [6.07, 6.45) is 0. The molecule has 0 amide bonds. The molecule has 1 heterocycles. The van der Waals surface area contributed by atoms with E-state index in [-0.39, 0.29) is 4.90 Å². The standard InChI is InChI=1S/C16H15N3O3S/c1-11-3-9-15(10-4-11)23(20,21)19-14-7-5-13(6-8-14)16-18-17-12(2)22-16/h3-10,19H,1-2H3. The maximum atomic E-state index is 12.3. The van der Waals surface area contributed by atoms with Gasteiger partial charge >= 0.3 is 0 Å². The van der Waals surface area contributed by atoms with E-state index in [2.05, 4.69) is 14.9 Å². The van der Waals surface area contributed by atoms with Crippen molar-refractivity contribution in [3.8, 4) is 11.5 Å². The highest BCUT2D eigenvalue weighted by Gasteiger charge is 2.14. The number of aromatic nitrogens is 2. The molecule has 7 heteroatoms. The predicted octanol–water partition coefficient (Wildman–Crippen LogP) is 3.15. The number of hydrogen-bond acceptors (Lipinski definition) is 5. The molecule has 23 heavy (non-hydrogen) atoms. The average Bonchev–Trinajstić information content (AvgIpc) is 2.95.